The molecule has 0 heterocycles. The molecule has 0 aliphatic rings. The van der Waals surface area contributed by atoms with E-state index in [1.807, 2.05) is 13.8 Å². The van der Waals surface area contributed by atoms with Gasteiger partial charge in [-0.1, -0.05) is 48.0 Å². The molecule has 4 atom stereocenters. The zero-order chi connectivity index (χ0) is 30.8. The van der Waals surface area contributed by atoms with Crippen LogP contribution < -0.4 is 10.6 Å². The first-order valence-electron chi connectivity index (χ1n) is 13.4. The number of hydrogen-bond acceptors (Lipinski definition) is 6. The van der Waals surface area contributed by atoms with Crippen LogP contribution in [0.4, 0.5) is 0 Å². The molecule has 0 aliphatic heterocycles. The molecule has 0 saturated heterocycles. The van der Waals surface area contributed by atoms with E-state index in [-0.39, 0.29) is 42.7 Å². The van der Waals surface area contributed by atoms with Crippen LogP contribution in [0.15, 0.2) is 0 Å². The van der Waals surface area contributed by atoms with Gasteiger partial charge >= 0.3 is 0 Å². The van der Waals surface area contributed by atoms with Gasteiger partial charge in [0, 0.05) is 42.2 Å². The standard InChI is InChI=1S/C27H50N6O6/c1-13-18(6)24(25(37)28-8)33(12)21(36)15-31(10)27(39)23(17(4)5)32(11)20(35)14-30(9)26(38)22(16(2)3)29-19(7)34/h16-18,22-24H,13-15H2,1-12H3,(H,28,37)(H,29,34). The number of amides is 6. The molecule has 6 amide bonds. The van der Waals surface area contributed by atoms with Crippen molar-refractivity contribution in [2.75, 3.05) is 48.3 Å². The molecule has 0 spiro atoms. The molecule has 0 fully saturated rings. The number of rotatable bonds is 14. The summed E-state index contributed by atoms with van der Waals surface area (Å²) in [6, 6.07) is -2.35. The first kappa shape index (κ1) is 35.8. The zero-order valence-electron chi connectivity index (χ0n) is 25.8. The molecule has 12 heteroatoms. The summed E-state index contributed by atoms with van der Waals surface area (Å²) in [6.07, 6.45) is 0.687. The summed E-state index contributed by atoms with van der Waals surface area (Å²) in [5.41, 5.74) is 0. The highest BCUT2D eigenvalue weighted by Gasteiger charge is 2.36. The highest BCUT2D eigenvalue weighted by molar-refractivity contribution is 5.94. The maximum atomic E-state index is 13.4. The normalized spacial score (nSPS) is 14.1. The number of carbonyl (C=O) groups is 6. The van der Waals surface area contributed by atoms with Crippen molar-refractivity contribution in [3.8, 4) is 0 Å². The van der Waals surface area contributed by atoms with Crippen molar-refractivity contribution in [2.45, 2.75) is 73.0 Å². The van der Waals surface area contributed by atoms with E-state index in [1.54, 1.807) is 34.7 Å². The fraction of sp³-hybridized carbons (Fsp3) is 0.778. The lowest BCUT2D eigenvalue weighted by atomic mass is 9.97. The predicted octanol–water partition coefficient (Wildman–Crippen LogP) is 0.166. The summed E-state index contributed by atoms with van der Waals surface area (Å²) in [5, 5.41) is 5.21. The van der Waals surface area contributed by atoms with Crippen LogP contribution >= 0.6 is 0 Å². The average Bonchev–Trinajstić information content (AvgIpc) is 2.85. The zero-order valence-corrected chi connectivity index (χ0v) is 25.8. The molecular weight excluding hydrogens is 504 g/mol. The molecule has 0 radical (unpaired) electrons. The maximum Gasteiger partial charge on any atom is 0.245 e. The Bertz CT molecular complexity index is 892. The molecular formula is C27H50N6O6. The molecule has 4 unspecified atom stereocenters. The van der Waals surface area contributed by atoms with Crippen molar-refractivity contribution >= 4 is 35.4 Å². The molecule has 39 heavy (non-hydrogen) atoms. The van der Waals surface area contributed by atoms with Gasteiger partial charge in [-0.05, 0) is 17.8 Å². The van der Waals surface area contributed by atoms with E-state index in [4.69, 9.17) is 0 Å². The third-order valence-electron chi connectivity index (χ3n) is 6.99. The van der Waals surface area contributed by atoms with Gasteiger partial charge in [-0.15, -0.1) is 0 Å². The monoisotopic (exact) mass is 554 g/mol. The highest BCUT2D eigenvalue weighted by Crippen LogP contribution is 2.16. The minimum Gasteiger partial charge on any atom is -0.357 e. The van der Waals surface area contributed by atoms with Crippen LogP contribution in [0.25, 0.3) is 0 Å². The van der Waals surface area contributed by atoms with E-state index >= 15 is 0 Å². The molecule has 0 bridgehead atoms. The molecule has 0 aliphatic carbocycles. The number of nitrogens with one attached hydrogen (secondary N) is 2. The largest absolute Gasteiger partial charge is 0.357 e. The number of carbonyl (C=O) groups excluding carboxylic acids is 6. The highest BCUT2D eigenvalue weighted by atomic mass is 16.2. The summed E-state index contributed by atoms with van der Waals surface area (Å²) < 4.78 is 0. The van der Waals surface area contributed by atoms with E-state index in [0.29, 0.717) is 6.42 Å². The molecule has 0 saturated carbocycles. The van der Waals surface area contributed by atoms with Gasteiger partial charge in [-0.2, -0.15) is 0 Å². The number of hydrogen-bond donors (Lipinski definition) is 2. The fourth-order valence-corrected chi connectivity index (χ4v) is 4.38. The van der Waals surface area contributed by atoms with Crippen molar-refractivity contribution in [2.24, 2.45) is 17.8 Å². The van der Waals surface area contributed by atoms with Crippen molar-refractivity contribution in [3.05, 3.63) is 0 Å². The van der Waals surface area contributed by atoms with E-state index in [2.05, 4.69) is 10.6 Å². The van der Waals surface area contributed by atoms with Gasteiger partial charge < -0.3 is 30.2 Å². The van der Waals surface area contributed by atoms with Crippen LogP contribution in [0, 0.1) is 17.8 Å². The van der Waals surface area contributed by atoms with Crippen LogP contribution in [-0.2, 0) is 28.8 Å². The van der Waals surface area contributed by atoms with Crippen molar-refractivity contribution in [1.82, 2.24) is 30.2 Å². The van der Waals surface area contributed by atoms with E-state index in [9.17, 15) is 28.8 Å². The van der Waals surface area contributed by atoms with Gasteiger partial charge in [-0.3, -0.25) is 28.8 Å². The van der Waals surface area contributed by atoms with E-state index in [0.717, 1.165) is 0 Å². The lowest BCUT2D eigenvalue weighted by Crippen LogP contribution is -2.57. The van der Waals surface area contributed by atoms with E-state index < -0.39 is 41.8 Å². The second-order valence-electron chi connectivity index (χ2n) is 11.0. The van der Waals surface area contributed by atoms with Crippen LogP contribution in [-0.4, -0.2) is 121 Å². The minimum atomic E-state index is -0.885. The van der Waals surface area contributed by atoms with E-state index in [1.165, 1.54) is 54.7 Å². The van der Waals surface area contributed by atoms with Gasteiger partial charge in [0.05, 0.1) is 13.1 Å². The molecule has 0 aromatic heterocycles. The summed E-state index contributed by atoms with van der Waals surface area (Å²) in [4.78, 5) is 81.6. The van der Waals surface area contributed by atoms with Crippen molar-refractivity contribution < 1.29 is 28.8 Å². The maximum absolute atomic E-state index is 13.4. The summed E-state index contributed by atoms with van der Waals surface area (Å²) >= 11 is 0. The third-order valence-corrected chi connectivity index (χ3v) is 6.99. The Balaban J connectivity index is 5.61. The molecule has 2 N–H and O–H groups in total. The SMILES string of the molecule is CCC(C)C(C(=O)NC)N(C)C(=O)CN(C)C(=O)C(C(C)C)N(C)C(=O)CN(C)C(=O)C(NC(C)=O)C(C)C. The second kappa shape index (κ2) is 16.0. The fourth-order valence-electron chi connectivity index (χ4n) is 4.38. The Morgan fingerprint density at radius 2 is 1.13 bits per heavy atom. The minimum absolute atomic E-state index is 0.0901. The molecule has 12 nitrogen and oxygen atoms in total. The van der Waals surface area contributed by atoms with Gasteiger partial charge in [0.15, 0.2) is 0 Å². The van der Waals surface area contributed by atoms with Crippen LogP contribution in [0.5, 0.6) is 0 Å². The Kier molecular flexibility index (Phi) is 14.7. The number of nitrogens with zero attached hydrogens (tertiary/aromatic N) is 4. The van der Waals surface area contributed by atoms with Gasteiger partial charge in [0.1, 0.15) is 18.1 Å². The number of likely N-dealkylation sites (N-methyl/N-ethyl adjacent to an activating group) is 5. The molecule has 0 aromatic rings. The molecule has 0 rings (SSSR count). The Hall–Kier alpha value is -3.18. The van der Waals surface area contributed by atoms with Crippen molar-refractivity contribution in [1.29, 1.82) is 0 Å². The average molecular weight is 555 g/mol. The lowest BCUT2D eigenvalue weighted by Gasteiger charge is -2.36. The molecule has 224 valence electrons. The first-order chi connectivity index (χ1) is 17.9. The van der Waals surface area contributed by atoms with Crippen LogP contribution in [0.1, 0.15) is 54.9 Å². The van der Waals surface area contributed by atoms with Gasteiger partial charge in [0.2, 0.25) is 35.4 Å². The lowest BCUT2D eigenvalue weighted by molar-refractivity contribution is -0.150. The third kappa shape index (κ3) is 10.1. The van der Waals surface area contributed by atoms with Gasteiger partial charge in [0.25, 0.3) is 0 Å². The van der Waals surface area contributed by atoms with Crippen LogP contribution in [0.3, 0.4) is 0 Å². The predicted molar refractivity (Wildman–Crippen MR) is 149 cm³/mol. The summed E-state index contributed by atoms with van der Waals surface area (Å²) in [6.45, 7) is 11.8. The Labute approximate surface area is 233 Å². The summed E-state index contributed by atoms with van der Waals surface area (Å²) in [5.74, 6) is -2.90. The Morgan fingerprint density at radius 1 is 0.692 bits per heavy atom. The topological polar surface area (TPSA) is 139 Å². The summed E-state index contributed by atoms with van der Waals surface area (Å²) in [7, 11) is 7.50. The molecule has 0 aromatic carbocycles. The first-order valence-corrected chi connectivity index (χ1v) is 13.4. The van der Waals surface area contributed by atoms with Crippen LogP contribution in [0.2, 0.25) is 0 Å². The Morgan fingerprint density at radius 3 is 1.49 bits per heavy atom. The quantitative estimate of drug-likeness (QED) is 0.314. The smallest absolute Gasteiger partial charge is 0.245 e. The second-order valence-corrected chi connectivity index (χ2v) is 11.0. The van der Waals surface area contributed by atoms with Gasteiger partial charge in [-0.25, -0.2) is 0 Å². The van der Waals surface area contributed by atoms with Crippen molar-refractivity contribution in [3.63, 3.8) is 0 Å².